The molecule has 0 amide bonds. The minimum Gasteiger partial charge on any atom is -0.462 e. The highest BCUT2D eigenvalue weighted by Crippen LogP contribution is 2.14. The van der Waals surface area contributed by atoms with E-state index in [2.05, 4.69) is 23.8 Å². The number of aliphatic hydroxyl groups is 1. The predicted octanol–water partition coefficient (Wildman–Crippen LogP) is 0.800. The van der Waals surface area contributed by atoms with Crippen molar-refractivity contribution in [2.24, 2.45) is 7.05 Å². The zero-order valence-corrected chi connectivity index (χ0v) is 12.1. The molecule has 1 aromatic rings. The summed E-state index contributed by atoms with van der Waals surface area (Å²) in [5, 5.41) is 13.2. The number of hydrogen-bond acceptors (Lipinski definition) is 5. The molecule has 1 N–H and O–H groups in total. The molecule has 108 valence electrons. The van der Waals surface area contributed by atoms with E-state index < -0.39 is 0 Å². The number of aryl methyl sites for hydroxylation is 1. The van der Waals surface area contributed by atoms with Crippen LogP contribution < -0.4 is 0 Å². The molecule has 1 rings (SSSR count). The zero-order valence-electron chi connectivity index (χ0n) is 12.1. The molecule has 1 heterocycles. The molecule has 0 aliphatic carbocycles. The van der Waals surface area contributed by atoms with E-state index in [4.69, 9.17) is 9.84 Å². The van der Waals surface area contributed by atoms with Gasteiger partial charge in [-0.15, -0.1) is 0 Å². The number of rotatable bonds is 7. The first-order chi connectivity index (χ1) is 9.01. The van der Waals surface area contributed by atoms with Crippen molar-refractivity contribution < 1.29 is 14.6 Å². The summed E-state index contributed by atoms with van der Waals surface area (Å²) in [6.07, 6.45) is 1.53. The molecule has 0 fully saturated rings. The van der Waals surface area contributed by atoms with Gasteiger partial charge in [-0.3, -0.25) is 9.58 Å². The fourth-order valence-electron chi connectivity index (χ4n) is 1.87. The first-order valence-corrected chi connectivity index (χ1v) is 6.54. The third kappa shape index (κ3) is 4.04. The lowest BCUT2D eigenvalue weighted by Gasteiger charge is -2.25. The Morgan fingerprint density at radius 2 is 2.26 bits per heavy atom. The lowest BCUT2D eigenvalue weighted by atomic mass is 10.2. The van der Waals surface area contributed by atoms with E-state index in [-0.39, 0.29) is 18.6 Å². The second kappa shape index (κ2) is 7.25. The van der Waals surface area contributed by atoms with E-state index in [0.29, 0.717) is 25.3 Å². The van der Waals surface area contributed by atoms with Crippen molar-refractivity contribution in [3.63, 3.8) is 0 Å². The van der Waals surface area contributed by atoms with Crippen molar-refractivity contribution in [1.82, 2.24) is 14.7 Å². The molecule has 0 saturated carbocycles. The van der Waals surface area contributed by atoms with Crippen LogP contribution in [0.15, 0.2) is 6.20 Å². The number of hydrogen-bond donors (Lipinski definition) is 1. The van der Waals surface area contributed by atoms with Gasteiger partial charge < -0.3 is 9.84 Å². The zero-order chi connectivity index (χ0) is 14.4. The van der Waals surface area contributed by atoms with Crippen molar-refractivity contribution in [2.45, 2.75) is 33.4 Å². The van der Waals surface area contributed by atoms with Gasteiger partial charge in [0.1, 0.15) is 5.56 Å². The molecule has 6 heteroatoms. The largest absolute Gasteiger partial charge is 0.462 e. The van der Waals surface area contributed by atoms with Crippen LogP contribution in [-0.4, -0.2) is 51.6 Å². The molecule has 0 saturated heterocycles. The van der Waals surface area contributed by atoms with Crippen LogP contribution in [0.2, 0.25) is 0 Å². The Morgan fingerprint density at radius 3 is 2.79 bits per heavy atom. The maximum Gasteiger partial charge on any atom is 0.341 e. The summed E-state index contributed by atoms with van der Waals surface area (Å²) in [4.78, 5) is 13.9. The molecule has 0 spiro atoms. The van der Waals surface area contributed by atoms with E-state index in [1.807, 2.05) is 0 Å². The first kappa shape index (κ1) is 15.7. The van der Waals surface area contributed by atoms with Crippen LogP contribution in [0.5, 0.6) is 0 Å². The van der Waals surface area contributed by atoms with E-state index in [0.717, 1.165) is 5.69 Å². The highest BCUT2D eigenvalue weighted by molar-refractivity contribution is 5.90. The Hall–Kier alpha value is -1.40. The van der Waals surface area contributed by atoms with Gasteiger partial charge in [-0.2, -0.15) is 5.10 Å². The molecule has 0 radical (unpaired) electrons. The van der Waals surface area contributed by atoms with Gasteiger partial charge in [-0.1, -0.05) is 0 Å². The van der Waals surface area contributed by atoms with Gasteiger partial charge in [0.05, 0.1) is 25.1 Å². The van der Waals surface area contributed by atoms with Gasteiger partial charge in [0.15, 0.2) is 0 Å². The van der Waals surface area contributed by atoms with E-state index in [1.54, 1.807) is 18.7 Å². The monoisotopic (exact) mass is 269 g/mol. The second-order valence-corrected chi connectivity index (χ2v) is 4.64. The lowest BCUT2D eigenvalue weighted by molar-refractivity contribution is 0.0522. The topological polar surface area (TPSA) is 67.6 Å². The highest BCUT2D eigenvalue weighted by atomic mass is 16.5. The van der Waals surface area contributed by atoms with Crippen LogP contribution in [0.1, 0.15) is 36.8 Å². The smallest absolute Gasteiger partial charge is 0.341 e. The SMILES string of the molecule is CCOC(=O)c1cnn(C)c1CN(CCO)C(C)C. The van der Waals surface area contributed by atoms with Gasteiger partial charge in [0, 0.05) is 26.2 Å². The van der Waals surface area contributed by atoms with E-state index in [9.17, 15) is 4.79 Å². The van der Waals surface area contributed by atoms with E-state index in [1.165, 1.54) is 6.20 Å². The van der Waals surface area contributed by atoms with Crippen LogP contribution in [0, 0.1) is 0 Å². The average Bonchev–Trinajstić information content (AvgIpc) is 2.70. The minimum absolute atomic E-state index is 0.0881. The summed E-state index contributed by atoms with van der Waals surface area (Å²) >= 11 is 0. The van der Waals surface area contributed by atoms with Crippen molar-refractivity contribution in [1.29, 1.82) is 0 Å². The summed E-state index contributed by atoms with van der Waals surface area (Å²) in [7, 11) is 1.80. The predicted molar refractivity (Wildman–Crippen MR) is 71.8 cm³/mol. The van der Waals surface area contributed by atoms with Crippen LogP contribution in [0.4, 0.5) is 0 Å². The van der Waals surface area contributed by atoms with Gasteiger partial charge in [0.25, 0.3) is 0 Å². The first-order valence-electron chi connectivity index (χ1n) is 6.54. The van der Waals surface area contributed by atoms with Gasteiger partial charge in [0.2, 0.25) is 0 Å². The Labute approximate surface area is 114 Å². The van der Waals surface area contributed by atoms with Crippen LogP contribution >= 0.6 is 0 Å². The second-order valence-electron chi connectivity index (χ2n) is 4.64. The van der Waals surface area contributed by atoms with Crippen LogP contribution in [-0.2, 0) is 18.3 Å². The molecule has 19 heavy (non-hydrogen) atoms. The third-order valence-corrected chi connectivity index (χ3v) is 3.03. The molecule has 0 atom stereocenters. The fourth-order valence-corrected chi connectivity index (χ4v) is 1.87. The van der Waals surface area contributed by atoms with Crippen LogP contribution in [0.25, 0.3) is 0 Å². The molecule has 0 aliphatic heterocycles. The van der Waals surface area contributed by atoms with E-state index >= 15 is 0 Å². The molecule has 0 bridgehead atoms. The number of ether oxygens (including phenoxy) is 1. The summed E-state index contributed by atoms with van der Waals surface area (Å²) < 4.78 is 6.70. The summed E-state index contributed by atoms with van der Waals surface area (Å²) in [6.45, 7) is 7.43. The number of esters is 1. The summed E-state index contributed by atoms with van der Waals surface area (Å²) in [5.74, 6) is -0.349. The third-order valence-electron chi connectivity index (χ3n) is 3.03. The number of carbonyl (C=O) groups is 1. The molecular formula is C13H23N3O3. The number of nitrogens with zero attached hydrogens (tertiary/aromatic N) is 3. The number of carbonyl (C=O) groups excluding carboxylic acids is 1. The Morgan fingerprint density at radius 1 is 1.58 bits per heavy atom. The van der Waals surface area contributed by atoms with Crippen molar-refractivity contribution in [2.75, 3.05) is 19.8 Å². The molecule has 6 nitrogen and oxygen atoms in total. The average molecular weight is 269 g/mol. The minimum atomic E-state index is -0.349. The van der Waals surface area contributed by atoms with Crippen molar-refractivity contribution in [3.8, 4) is 0 Å². The lowest BCUT2D eigenvalue weighted by Crippen LogP contribution is -2.34. The fraction of sp³-hybridized carbons (Fsp3) is 0.692. The Bertz CT molecular complexity index is 415. The molecule has 0 aliphatic rings. The number of aliphatic hydroxyl groups excluding tert-OH is 1. The normalized spacial score (nSPS) is 11.3. The molecule has 0 unspecified atom stereocenters. The molecule has 1 aromatic heterocycles. The molecular weight excluding hydrogens is 246 g/mol. The van der Waals surface area contributed by atoms with Gasteiger partial charge in [-0.25, -0.2) is 4.79 Å². The highest BCUT2D eigenvalue weighted by Gasteiger charge is 2.20. The summed E-state index contributed by atoms with van der Waals surface area (Å²) in [6, 6.07) is 0.275. The van der Waals surface area contributed by atoms with Gasteiger partial charge >= 0.3 is 5.97 Å². The van der Waals surface area contributed by atoms with Crippen LogP contribution in [0.3, 0.4) is 0 Å². The maximum absolute atomic E-state index is 11.8. The molecule has 0 aromatic carbocycles. The maximum atomic E-state index is 11.8. The summed E-state index contributed by atoms with van der Waals surface area (Å²) in [5.41, 5.74) is 1.30. The number of aromatic nitrogens is 2. The Kier molecular flexibility index (Phi) is 5.98. The van der Waals surface area contributed by atoms with Gasteiger partial charge in [-0.05, 0) is 20.8 Å². The van der Waals surface area contributed by atoms with Crippen molar-refractivity contribution >= 4 is 5.97 Å². The quantitative estimate of drug-likeness (QED) is 0.742. The standard InChI is InChI=1S/C13H23N3O3/c1-5-19-13(18)11-8-14-15(4)12(11)9-16(6-7-17)10(2)3/h8,10,17H,5-7,9H2,1-4H3. The Balaban J connectivity index is 2.92. The van der Waals surface area contributed by atoms with Crippen molar-refractivity contribution in [3.05, 3.63) is 17.5 Å².